The van der Waals surface area contributed by atoms with Crippen LogP contribution in [0.3, 0.4) is 0 Å². The first kappa shape index (κ1) is 15.4. The summed E-state index contributed by atoms with van der Waals surface area (Å²) in [6.45, 7) is 0.781. The molecule has 3 aromatic heterocycles. The maximum absolute atomic E-state index is 11.9. The topological polar surface area (TPSA) is 127 Å². The monoisotopic (exact) mass is 337 g/mol. The van der Waals surface area contributed by atoms with Gasteiger partial charge in [0.05, 0.1) is 16.8 Å². The summed E-state index contributed by atoms with van der Waals surface area (Å²) in [6, 6.07) is 3.42. The predicted octanol–water partition coefficient (Wildman–Crippen LogP) is 1.45. The van der Waals surface area contributed by atoms with Crippen molar-refractivity contribution in [3.05, 3.63) is 30.7 Å². The standard InChI is InChI=1S/C17H19N7O/c18-15(25)13-3-1-2-8-24(13)12-5-7-20-16-14(12)10(9-22-16)11-4-6-21-17(19)23-11/h4-7,9,13H,1-3,8H2,(H2,18,25)(H,20,22)(H2,19,21,23)/t13-/m0/s1. The number of fused-ring (bicyclic) bond motifs is 1. The van der Waals surface area contributed by atoms with E-state index in [1.165, 1.54) is 0 Å². The molecule has 0 radical (unpaired) electrons. The van der Waals surface area contributed by atoms with Gasteiger partial charge in [0.15, 0.2) is 0 Å². The molecule has 1 fully saturated rings. The van der Waals surface area contributed by atoms with Gasteiger partial charge in [0.1, 0.15) is 11.7 Å². The van der Waals surface area contributed by atoms with Gasteiger partial charge in [0.2, 0.25) is 11.9 Å². The van der Waals surface area contributed by atoms with Crippen molar-refractivity contribution in [2.24, 2.45) is 5.73 Å². The molecule has 8 heteroatoms. The molecular formula is C17H19N7O. The minimum atomic E-state index is -0.308. The molecular weight excluding hydrogens is 318 g/mol. The molecule has 4 heterocycles. The van der Waals surface area contributed by atoms with E-state index in [2.05, 4.69) is 24.8 Å². The van der Waals surface area contributed by atoms with Crippen molar-refractivity contribution >= 4 is 28.6 Å². The minimum absolute atomic E-state index is 0.213. The zero-order valence-electron chi connectivity index (χ0n) is 13.6. The number of anilines is 2. The zero-order valence-corrected chi connectivity index (χ0v) is 13.6. The molecule has 1 amide bonds. The quantitative estimate of drug-likeness (QED) is 0.664. The van der Waals surface area contributed by atoms with Crippen LogP contribution in [0.2, 0.25) is 0 Å². The van der Waals surface area contributed by atoms with Gasteiger partial charge in [-0.05, 0) is 31.4 Å². The summed E-state index contributed by atoms with van der Waals surface area (Å²) in [7, 11) is 0. The van der Waals surface area contributed by atoms with Crippen molar-refractivity contribution in [1.82, 2.24) is 19.9 Å². The summed E-state index contributed by atoms with van der Waals surface area (Å²) >= 11 is 0. The first-order chi connectivity index (χ1) is 12.1. The van der Waals surface area contributed by atoms with Gasteiger partial charge in [-0.1, -0.05) is 0 Å². The number of piperidine rings is 1. The fourth-order valence-corrected chi connectivity index (χ4v) is 3.52. The molecule has 0 aliphatic carbocycles. The Bertz CT molecular complexity index is 936. The molecule has 1 saturated heterocycles. The molecule has 3 aromatic rings. The van der Waals surface area contributed by atoms with Crippen LogP contribution in [0.25, 0.3) is 22.3 Å². The Balaban J connectivity index is 1.90. The number of hydrogen-bond acceptors (Lipinski definition) is 6. The van der Waals surface area contributed by atoms with Crippen molar-refractivity contribution in [2.45, 2.75) is 25.3 Å². The van der Waals surface area contributed by atoms with E-state index in [9.17, 15) is 4.79 Å². The van der Waals surface area contributed by atoms with Crippen LogP contribution in [0, 0.1) is 0 Å². The molecule has 1 aliphatic rings. The molecule has 1 atom stereocenters. The molecule has 1 aliphatic heterocycles. The number of carbonyl (C=O) groups excluding carboxylic acids is 1. The maximum atomic E-state index is 11.9. The number of pyridine rings is 1. The molecule has 8 nitrogen and oxygen atoms in total. The molecule has 0 bridgehead atoms. The number of hydrogen-bond donors (Lipinski definition) is 3. The largest absolute Gasteiger partial charge is 0.368 e. The summed E-state index contributed by atoms with van der Waals surface area (Å²) in [4.78, 5) is 29.9. The summed E-state index contributed by atoms with van der Waals surface area (Å²) < 4.78 is 0. The van der Waals surface area contributed by atoms with Crippen LogP contribution in [0.4, 0.5) is 11.6 Å². The Kier molecular flexibility index (Phi) is 3.72. The van der Waals surface area contributed by atoms with E-state index < -0.39 is 0 Å². The number of aromatic nitrogens is 4. The molecule has 128 valence electrons. The lowest BCUT2D eigenvalue weighted by Crippen LogP contribution is -2.48. The fourth-order valence-electron chi connectivity index (χ4n) is 3.52. The molecule has 25 heavy (non-hydrogen) atoms. The second-order valence-corrected chi connectivity index (χ2v) is 6.16. The van der Waals surface area contributed by atoms with Crippen LogP contribution >= 0.6 is 0 Å². The Labute approximate surface area is 144 Å². The lowest BCUT2D eigenvalue weighted by Gasteiger charge is -2.36. The van der Waals surface area contributed by atoms with Crippen molar-refractivity contribution in [3.63, 3.8) is 0 Å². The number of amides is 1. The van der Waals surface area contributed by atoms with Gasteiger partial charge >= 0.3 is 0 Å². The van der Waals surface area contributed by atoms with E-state index in [1.54, 1.807) is 18.5 Å². The average Bonchev–Trinajstić information content (AvgIpc) is 3.06. The number of nitrogens with two attached hydrogens (primary N) is 2. The van der Waals surface area contributed by atoms with Crippen LogP contribution < -0.4 is 16.4 Å². The van der Waals surface area contributed by atoms with Crippen LogP contribution in [0.15, 0.2) is 30.7 Å². The van der Waals surface area contributed by atoms with Crippen molar-refractivity contribution < 1.29 is 4.79 Å². The molecule has 0 spiro atoms. The number of carbonyl (C=O) groups is 1. The maximum Gasteiger partial charge on any atom is 0.240 e. The van der Waals surface area contributed by atoms with E-state index in [0.29, 0.717) is 5.69 Å². The van der Waals surface area contributed by atoms with Crippen LogP contribution in [-0.2, 0) is 4.79 Å². The third kappa shape index (κ3) is 2.65. The van der Waals surface area contributed by atoms with Crippen LogP contribution in [-0.4, -0.2) is 38.4 Å². The van der Waals surface area contributed by atoms with Crippen molar-refractivity contribution in [1.29, 1.82) is 0 Å². The highest BCUT2D eigenvalue weighted by atomic mass is 16.1. The predicted molar refractivity (Wildman–Crippen MR) is 95.7 cm³/mol. The third-order valence-corrected chi connectivity index (χ3v) is 4.64. The van der Waals surface area contributed by atoms with Gasteiger partial charge in [-0.25, -0.2) is 15.0 Å². The van der Waals surface area contributed by atoms with E-state index >= 15 is 0 Å². The number of rotatable bonds is 3. The second-order valence-electron chi connectivity index (χ2n) is 6.16. The lowest BCUT2D eigenvalue weighted by molar-refractivity contribution is -0.119. The number of primary amides is 1. The van der Waals surface area contributed by atoms with Gasteiger partial charge in [-0.15, -0.1) is 0 Å². The molecule has 0 saturated carbocycles. The molecule has 5 N–H and O–H groups in total. The number of nitrogens with zero attached hydrogens (tertiary/aromatic N) is 4. The fraction of sp³-hybridized carbons (Fsp3) is 0.294. The summed E-state index contributed by atoms with van der Waals surface area (Å²) in [5.74, 6) is -0.0849. The summed E-state index contributed by atoms with van der Waals surface area (Å²) in [5.41, 5.74) is 14.6. The van der Waals surface area contributed by atoms with Crippen molar-refractivity contribution in [2.75, 3.05) is 17.2 Å². The average molecular weight is 337 g/mol. The van der Waals surface area contributed by atoms with Crippen LogP contribution in [0.5, 0.6) is 0 Å². The minimum Gasteiger partial charge on any atom is -0.368 e. The van der Waals surface area contributed by atoms with Crippen molar-refractivity contribution in [3.8, 4) is 11.3 Å². The molecule has 0 aromatic carbocycles. The van der Waals surface area contributed by atoms with Gasteiger partial charge in [-0.3, -0.25) is 4.79 Å². The Morgan fingerprint density at radius 1 is 1.24 bits per heavy atom. The Morgan fingerprint density at radius 2 is 2.08 bits per heavy atom. The highest BCUT2D eigenvalue weighted by molar-refractivity contribution is 6.03. The summed E-state index contributed by atoms with van der Waals surface area (Å²) in [6.07, 6.45) is 8.00. The lowest BCUT2D eigenvalue weighted by atomic mass is 9.99. The molecule has 4 rings (SSSR count). The van der Waals surface area contributed by atoms with Gasteiger partial charge < -0.3 is 21.4 Å². The Hall–Kier alpha value is -3.16. The van der Waals surface area contributed by atoms with Gasteiger partial charge in [-0.2, -0.15) is 0 Å². The number of nitrogens with one attached hydrogen (secondary N) is 1. The third-order valence-electron chi connectivity index (χ3n) is 4.64. The highest BCUT2D eigenvalue weighted by Gasteiger charge is 2.29. The highest BCUT2D eigenvalue weighted by Crippen LogP contribution is 2.36. The van der Waals surface area contributed by atoms with Gasteiger partial charge in [0.25, 0.3) is 0 Å². The number of nitrogen functional groups attached to an aromatic ring is 1. The number of H-pyrrole nitrogens is 1. The Morgan fingerprint density at radius 3 is 2.88 bits per heavy atom. The normalized spacial score (nSPS) is 17.8. The smallest absolute Gasteiger partial charge is 0.240 e. The first-order valence-corrected chi connectivity index (χ1v) is 8.26. The second kappa shape index (κ2) is 6.04. The summed E-state index contributed by atoms with van der Waals surface area (Å²) in [5, 5.41) is 0.911. The van der Waals surface area contributed by atoms with Gasteiger partial charge in [0, 0.05) is 30.7 Å². The van der Waals surface area contributed by atoms with Crippen LogP contribution in [0.1, 0.15) is 19.3 Å². The first-order valence-electron chi connectivity index (χ1n) is 8.26. The van der Waals surface area contributed by atoms with E-state index in [0.717, 1.165) is 48.1 Å². The number of aromatic amines is 1. The van der Waals surface area contributed by atoms with E-state index in [-0.39, 0.29) is 17.9 Å². The van der Waals surface area contributed by atoms with E-state index in [1.807, 2.05) is 12.3 Å². The van der Waals surface area contributed by atoms with E-state index in [4.69, 9.17) is 11.5 Å². The zero-order chi connectivity index (χ0) is 17.4. The SMILES string of the molecule is NC(=O)[C@@H]1CCCCN1c1ccnc2[nH]cc(-c3ccnc(N)n3)c12. The molecule has 0 unspecified atom stereocenters.